The highest BCUT2D eigenvalue weighted by Crippen LogP contribution is 2.42. The fourth-order valence-electron chi connectivity index (χ4n) is 7.99. The second-order valence-electron chi connectivity index (χ2n) is 15.3. The molecule has 0 aliphatic heterocycles. The Bertz CT molecular complexity index is 3000. The normalized spacial score (nSPS) is 11.5. The molecule has 0 unspecified atom stereocenters. The fourth-order valence-corrected chi connectivity index (χ4v) is 7.99. The number of hydrogen-bond acceptors (Lipinski definition) is 1. The smallest absolute Gasteiger partial charge is 0.0715 e. The van der Waals surface area contributed by atoms with Gasteiger partial charge < -0.3 is 0 Å². The van der Waals surface area contributed by atoms with Crippen LogP contribution in [0.15, 0.2) is 267 Å². The molecule has 0 saturated heterocycles. The highest BCUT2D eigenvalue weighted by atomic mass is 14.8. The van der Waals surface area contributed by atoms with Crippen LogP contribution in [0.5, 0.6) is 0 Å². The number of aliphatic imine (C=N–C) groups is 1. The maximum Gasteiger partial charge on any atom is 0.0715 e. The number of nitrogens with zero attached hydrogens (tertiary/aromatic N) is 1. The van der Waals surface area contributed by atoms with Gasteiger partial charge >= 0.3 is 0 Å². The molecule has 0 spiro atoms. The molecule has 0 atom stereocenters. The Labute approximate surface area is 365 Å². The summed E-state index contributed by atoms with van der Waals surface area (Å²) in [4.78, 5) is 5.33. The van der Waals surface area contributed by atoms with Gasteiger partial charge in [0.15, 0.2) is 0 Å². The highest BCUT2D eigenvalue weighted by molar-refractivity contribution is 6.11. The van der Waals surface area contributed by atoms with Gasteiger partial charge in [0.25, 0.3) is 0 Å². The van der Waals surface area contributed by atoms with Crippen LogP contribution in [0.25, 0.3) is 78.0 Å². The number of rotatable bonds is 12. The van der Waals surface area contributed by atoms with E-state index in [0.717, 1.165) is 55.9 Å². The van der Waals surface area contributed by atoms with Gasteiger partial charge in [-0.25, -0.2) is 4.99 Å². The average molecular weight is 792 g/mol. The lowest BCUT2D eigenvalue weighted by molar-refractivity contribution is 1.48. The minimum absolute atomic E-state index is 0.773. The number of allylic oxidation sites excluding steroid dienone is 3. The summed E-state index contributed by atoms with van der Waals surface area (Å²) in [5.74, 6) is 0. The molecular weight excluding hydrogens is 747 g/mol. The van der Waals surface area contributed by atoms with E-state index >= 15 is 0 Å². The van der Waals surface area contributed by atoms with Gasteiger partial charge in [0.2, 0.25) is 0 Å². The van der Waals surface area contributed by atoms with Crippen LogP contribution in [0.3, 0.4) is 0 Å². The van der Waals surface area contributed by atoms with Crippen LogP contribution in [-0.2, 0) is 0 Å². The standard InChI is InChI=1S/C61H45N/c1-3-60(62-61(55-37-33-49(34-38-55)47-21-11-5-12-22-47)41-44(2)45-29-31-48(32-30-45)46-19-9-4-10-20-46)54-39-35-53(36-40-54)59-43-57(51-25-15-7-16-26-51)56(50-23-13-6-14-24-50)42-58(59)52-27-17-8-18-28-52/h3-43H,1-2H2/b61-41-,62-60+. The van der Waals surface area contributed by atoms with Crippen LogP contribution < -0.4 is 0 Å². The molecule has 0 amide bonds. The predicted molar refractivity (Wildman–Crippen MR) is 266 cm³/mol. The topological polar surface area (TPSA) is 12.4 Å². The van der Waals surface area contributed by atoms with Crippen molar-refractivity contribution in [2.45, 2.75) is 0 Å². The van der Waals surface area contributed by atoms with E-state index in [2.05, 4.69) is 244 Å². The maximum atomic E-state index is 5.33. The van der Waals surface area contributed by atoms with Crippen molar-refractivity contribution in [1.29, 1.82) is 0 Å². The molecule has 9 rings (SSSR count). The lowest BCUT2D eigenvalue weighted by Gasteiger charge is -2.18. The van der Waals surface area contributed by atoms with Crippen molar-refractivity contribution in [3.63, 3.8) is 0 Å². The van der Waals surface area contributed by atoms with Gasteiger partial charge in [-0.3, -0.25) is 0 Å². The number of benzene rings is 9. The van der Waals surface area contributed by atoms with Crippen molar-refractivity contribution in [3.05, 3.63) is 279 Å². The molecule has 0 fully saturated rings. The van der Waals surface area contributed by atoms with Crippen molar-refractivity contribution in [3.8, 4) is 66.8 Å². The van der Waals surface area contributed by atoms with E-state index in [1.54, 1.807) is 0 Å². The van der Waals surface area contributed by atoms with Gasteiger partial charge in [0.05, 0.1) is 11.4 Å². The molecule has 0 N–H and O–H groups in total. The second-order valence-corrected chi connectivity index (χ2v) is 15.3. The van der Waals surface area contributed by atoms with E-state index in [9.17, 15) is 0 Å². The van der Waals surface area contributed by atoms with Crippen molar-refractivity contribution in [2.75, 3.05) is 0 Å². The van der Waals surface area contributed by atoms with Gasteiger partial charge in [-0.05, 0) is 102 Å². The largest absolute Gasteiger partial charge is 0.248 e. The Morgan fingerprint density at radius 2 is 0.613 bits per heavy atom. The Kier molecular flexibility index (Phi) is 11.7. The zero-order valence-corrected chi connectivity index (χ0v) is 34.5. The Balaban J connectivity index is 1.11. The molecule has 0 saturated carbocycles. The van der Waals surface area contributed by atoms with Crippen LogP contribution in [0.4, 0.5) is 0 Å². The molecule has 1 nitrogen and oxygen atoms in total. The molecule has 1 heteroatoms. The molecule has 0 aromatic heterocycles. The third-order valence-corrected chi connectivity index (χ3v) is 11.3. The highest BCUT2D eigenvalue weighted by Gasteiger charge is 2.17. The molecule has 294 valence electrons. The summed E-state index contributed by atoms with van der Waals surface area (Å²) in [6, 6.07) is 83.5. The van der Waals surface area contributed by atoms with Gasteiger partial charge in [0.1, 0.15) is 0 Å². The van der Waals surface area contributed by atoms with Crippen LogP contribution in [0.2, 0.25) is 0 Å². The molecule has 9 aromatic rings. The van der Waals surface area contributed by atoms with Crippen LogP contribution in [-0.4, -0.2) is 5.71 Å². The van der Waals surface area contributed by atoms with E-state index in [1.807, 2.05) is 18.2 Å². The molecule has 0 radical (unpaired) electrons. The minimum Gasteiger partial charge on any atom is -0.248 e. The van der Waals surface area contributed by atoms with Crippen LogP contribution in [0, 0.1) is 0 Å². The van der Waals surface area contributed by atoms with Crippen LogP contribution >= 0.6 is 0 Å². The zero-order valence-electron chi connectivity index (χ0n) is 34.5. The SMILES string of the molecule is C=C/C(=N\C(=C/C(=C)c1ccc(-c2ccccc2)cc1)c1ccc(-c2ccccc2)cc1)c1ccc(-c2cc(-c3ccccc3)c(-c3ccccc3)cc2-c2ccccc2)cc1. The van der Waals surface area contributed by atoms with Gasteiger partial charge in [-0.1, -0.05) is 238 Å². The van der Waals surface area contributed by atoms with E-state index in [1.165, 1.54) is 44.5 Å². The lowest BCUT2D eigenvalue weighted by atomic mass is 9.85. The first kappa shape index (κ1) is 39.3. The molecular formula is C61H45N. The monoisotopic (exact) mass is 791 g/mol. The first-order valence-electron chi connectivity index (χ1n) is 21.0. The molecule has 0 aliphatic rings. The number of hydrogen-bond donors (Lipinski definition) is 0. The third kappa shape index (κ3) is 8.75. The Morgan fingerprint density at radius 3 is 0.984 bits per heavy atom. The lowest BCUT2D eigenvalue weighted by Crippen LogP contribution is -1.98. The predicted octanol–water partition coefficient (Wildman–Crippen LogP) is 16.4. The summed E-state index contributed by atoms with van der Waals surface area (Å²) in [5, 5.41) is 0. The maximum absolute atomic E-state index is 5.33. The molecule has 62 heavy (non-hydrogen) atoms. The first-order valence-corrected chi connectivity index (χ1v) is 21.0. The van der Waals surface area contributed by atoms with E-state index in [0.29, 0.717) is 0 Å². The summed E-state index contributed by atoms with van der Waals surface area (Å²) in [6.07, 6.45) is 3.93. The summed E-state index contributed by atoms with van der Waals surface area (Å²) in [5.41, 5.74) is 19.5. The fraction of sp³-hybridized carbons (Fsp3) is 0. The summed E-state index contributed by atoms with van der Waals surface area (Å²) < 4.78 is 0. The first-order chi connectivity index (χ1) is 30.6. The summed E-state index contributed by atoms with van der Waals surface area (Å²) in [7, 11) is 0. The Hall–Kier alpha value is -8.13. The van der Waals surface area contributed by atoms with Crippen molar-refractivity contribution >= 4 is 17.0 Å². The molecule has 9 aromatic carbocycles. The van der Waals surface area contributed by atoms with E-state index in [4.69, 9.17) is 4.99 Å². The second kappa shape index (κ2) is 18.4. The molecule has 0 bridgehead atoms. The molecule has 0 heterocycles. The zero-order chi connectivity index (χ0) is 42.1. The quantitative estimate of drug-likeness (QED) is 0.0863. The van der Waals surface area contributed by atoms with Crippen LogP contribution in [0.1, 0.15) is 16.7 Å². The van der Waals surface area contributed by atoms with Gasteiger partial charge in [0, 0.05) is 11.1 Å². The van der Waals surface area contributed by atoms with Crippen molar-refractivity contribution in [2.24, 2.45) is 4.99 Å². The van der Waals surface area contributed by atoms with Crippen molar-refractivity contribution in [1.82, 2.24) is 0 Å². The van der Waals surface area contributed by atoms with Gasteiger partial charge in [-0.2, -0.15) is 0 Å². The van der Waals surface area contributed by atoms with E-state index < -0.39 is 0 Å². The van der Waals surface area contributed by atoms with Gasteiger partial charge in [-0.15, -0.1) is 0 Å². The summed E-state index contributed by atoms with van der Waals surface area (Å²) in [6.45, 7) is 8.78. The minimum atomic E-state index is 0.773. The van der Waals surface area contributed by atoms with E-state index in [-0.39, 0.29) is 0 Å². The summed E-state index contributed by atoms with van der Waals surface area (Å²) >= 11 is 0. The van der Waals surface area contributed by atoms with Crippen molar-refractivity contribution < 1.29 is 0 Å². The Morgan fingerprint density at radius 1 is 0.323 bits per heavy atom. The average Bonchev–Trinajstić information content (AvgIpc) is 3.36. The third-order valence-electron chi connectivity index (χ3n) is 11.3. The molecule has 0 aliphatic carbocycles.